The zero-order valence-electron chi connectivity index (χ0n) is 11.8. The largest absolute Gasteiger partial charge is 0.506 e. The second-order valence-electron chi connectivity index (χ2n) is 5.93. The smallest absolute Gasteiger partial charge is 0.155 e. The standard InChI is InChI=1S/C16H17N3O/c1-16(2,3)11-6-4-7-12(10-11)19-17-13-8-5-9-14(20)15(13)18-19/h4-10,20H,1-3H3. The van der Waals surface area contributed by atoms with Gasteiger partial charge >= 0.3 is 0 Å². The van der Waals surface area contributed by atoms with Crippen LogP contribution in [0.25, 0.3) is 16.7 Å². The van der Waals surface area contributed by atoms with E-state index in [2.05, 4.69) is 43.1 Å². The summed E-state index contributed by atoms with van der Waals surface area (Å²) < 4.78 is 0. The summed E-state index contributed by atoms with van der Waals surface area (Å²) in [6, 6.07) is 13.4. The van der Waals surface area contributed by atoms with Crippen molar-refractivity contribution in [1.29, 1.82) is 0 Å². The molecule has 0 fully saturated rings. The van der Waals surface area contributed by atoms with Crippen molar-refractivity contribution in [3.63, 3.8) is 0 Å². The molecule has 0 aliphatic heterocycles. The third-order valence-electron chi connectivity index (χ3n) is 3.33. The fourth-order valence-electron chi connectivity index (χ4n) is 2.13. The topological polar surface area (TPSA) is 50.9 Å². The minimum absolute atomic E-state index is 0.0741. The third kappa shape index (κ3) is 2.13. The number of fused-ring (bicyclic) bond motifs is 1. The summed E-state index contributed by atoms with van der Waals surface area (Å²) in [7, 11) is 0. The second-order valence-corrected chi connectivity index (χ2v) is 5.93. The van der Waals surface area contributed by atoms with Crippen molar-refractivity contribution in [2.24, 2.45) is 0 Å². The molecule has 3 rings (SSSR count). The van der Waals surface area contributed by atoms with Gasteiger partial charge in [0.1, 0.15) is 11.3 Å². The van der Waals surface area contributed by atoms with Crippen molar-refractivity contribution in [3.8, 4) is 11.4 Å². The maximum atomic E-state index is 9.80. The van der Waals surface area contributed by atoms with E-state index in [1.165, 1.54) is 5.56 Å². The van der Waals surface area contributed by atoms with Crippen LogP contribution in [0.4, 0.5) is 0 Å². The Hall–Kier alpha value is -2.36. The first-order chi connectivity index (χ1) is 9.45. The monoisotopic (exact) mass is 267 g/mol. The number of rotatable bonds is 1. The molecule has 0 amide bonds. The highest BCUT2D eigenvalue weighted by atomic mass is 16.3. The van der Waals surface area contributed by atoms with Gasteiger partial charge in [-0.05, 0) is 35.2 Å². The minimum atomic E-state index is 0.0741. The van der Waals surface area contributed by atoms with Crippen LogP contribution >= 0.6 is 0 Å². The van der Waals surface area contributed by atoms with Crippen LogP contribution in [0.5, 0.6) is 5.75 Å². The molecule has 0 aliphatic carbocycles. The van der Waals surface area contributed by atoms with E-state index < -0.39 is 0 Å². The molecule has 0 saturated heterocycles. The lowest BCUT2D eigenvalue weighted by atomic mass is 9.87. The van der Waals surface area contributed by atoms with Crippen LogP contribution < -0.4 is 0 Å². The highest BCUT2D eigenvalue weighted by molar-refractivity contribution is 5.80. The van der Waals surface area contributed by atoms with E-state index in [0.717, 1.165) is 5.69 Å². The maximum absolute atomic E-state index is 9.80. The summed E-state index contributed by atoms with van der Waals surface area (Å²) in [6.07, 6.45) is 0. The lowest BCUT2D eigenvalue weighted by molar-refractivity contribution is 0.480. The Morgan fingerprint density at radius 1 is 1.00 bits per heavy atom. The van der Waals surface area contributed by atoms with Gasteiger partial charge < -0.3 is 5.11 Å². The predicted molar refractivity (Wildman–Crippen MR) is 79.2 cm³/mol. The number of phenolic OH excluding ortho intramolecular Hbond substituents is 1. The van der Waals surface area contributed by atoms with Gasteiger partial charge in [-0.2, -0.15) is 4.80 Å². The number of phenols is 1. The van der Waals surface area contributed by atoms with E-state index in [4.69, 9.17) is 0 Å². The molecule has 4 heteroatoms. The second kappa shape index (κ2) is 4.34. The first-order valence-electron chi connectivity index (χ1n) is 6.61. The van der Waals surface area contributed by atoms with Crippen LogP contribution in [-0.2, 0) is 5.41 Å². The van der Waals surface area contributed by atoms with Gasteiger partial charge in [-0.1, -0.05) is 39.0 Å². The van der Waals surface area contributed by atoms with Crippen LogP contribution in [0.2, 0.25) is 0 Å². The molecule has 0 aliphatic rings. The molecule has 4 nitrogen and oxygen atoms in total. The lowest BCUT2D eigenvalue weighted by Crippen LogP contribution is -2.12. The van der Waals surface area contributed by atoms with Gasteiger partial charge in [0.05, 0.1) is 5.69 Å². The molecule has 0 atom stereocenters. The lowest BCUT2D eigenvalue weighted by Gasteiger charge is -2.19. The molecule has 0 bridgehead atoms. The Morgan fingerprint density at radius 3 is 2.45 bits per heavy atom. The molecule has 0 radical (unpaired) electrons. The fourth-order valence-corrected chi connectivity index (χ4v) is 2.13. The number of aromatic hydroxyl groups is 1. The number of hydrogen-bond acceptors (Lipinski definition) is 3. The van der Waals surface area contributed by atoms with Crippen LogP contribution in [0, 0.1) is 0 Å². The molecule has 1 heterocycles. The Bertz CT molecular complexity index is 769. The average Bonchev–Trinajstić information content (AvgIpc) is 2.83. The Kier molecular flexibility index (Phi) is 2.74. The molecular formula is C16H17N3O. The molecule has 0 unspecified atom stereocenters. The van der Waals surface area contributed by atoms with E-state index in [9.17, 15) is 5.11 Å². The Morgan fingerprint density at radius 2 is 1.75 bits per heavy atom. The third-order valence-corrected chi connectivity index (χ3v) is 3.33. The summed E-state index contributed by atoms with van der Waals surface area (Å²) in [5.74, 6) is 0.153. The SMILES string of the molecule is CC(C)(C)c1cccc(-n2nc3cccc(O)c3n2)c1. The summed E-state index contributed by atoms with van der Waals surface area (Å²) in [6.45, 7) is 6.51. The van der Waals surface area contributed by atoms with Crippen molar-refractivity contribution < 1.29 is 5.11 Å². The van der Waals surface area contributed by atoms with Gasteiger partial charge in [-0.15, -0.1) is 10.2 Å². The van der Waals surface area contributed by atoms with E-state index >= 15 is 0 Å². The van der Waals surface area contributed by atoms with Crippen molar-refractivity contribution in [2.45, 2.75) is 26.2 Å². The summed E-state index contributed by atoms with van der Waals surface area (Å²) in [5, 5.41) is 18.6. The number of aromatic nitrogens is 3. The van der Waals surface area contributed by atoms with Gasteiger partial charge in [0.15, 0.2) is 5.52 Å². The van der Waals surface area contributed by atoms with Gasteiger partial charge in [-0.3, -0.25) is 0 Å². The average molecular weight is 267 g/mol. The molecule has 1 N–H and O–H groups in total. The molecule has 3 aromatic rings. The zero-order valence-corrected chi connectivity index (χ0v) is 11.8. The highest BCUT2D eigenvalue weighted by Crippen LogP contribution is 2.25. The fraction of sp³-hybridized carbons (Fsp3) is 0.250. The van der Waals surface area contributed by atoms with Crippen LogP contribution in [-0.4, -0.2) is 20.1 Å². The Labute approximate surface area is 117 Å². The molecule has 20 heavy (non-hydrogen) atoms. The van der Waals surface area contributed by atoms with E-state index in [0.29, 0.717) is 11.0 Å². The summed E-state index contributed by atoms with van der Waals surface area (Å²) in [4.78, 5) is 1.57. The molecule has 0 saturated carbocycles. The number of nitrogens with zero attached hydrogens (tertiary/aromatic N) is 3. The highest BCUT2D eigenvalue weighted by Gasteiger charge is 2.15. The van der Waals surface area contributed by atoms with Gasteiger partial charge in [0.25, 0.3) is 0 Å². The van der Waals surface area contributed by atoms with Crippen LogP contribution in [0.3, 0.4) is 0 Å². The van der Waals surface area contributed by atoms with Crippen molar-refractivity contribution in [3.05, 3.63) is 48.0 Å². The van der Waals surface area contributed by atoms with Crippen molar-refractivity contribution in [2.75, 3.05) is 0 Å². The zero-order chi connectivity index (χ0) is 14.3. The summed E-state index contributed by atoms with van der Waals surface area (Å²) in [5.41, 5.74) is 3.40. The predicted octanol–water partition coefficient (Wildman–Crippen LogP) is 3.42. The normalized spacial score (nSPS) is 11.9. The van der Waals surface area contributed by atoms with Crippen LogP contribution in [0.15, 0.2) is 42.5 Å². The van der Waals surface area contributed by atoms with Crippen molar-refractivity contribution >= 4 is 11.0 Å². The number of hydrogen-bond donors (Lipinski definition) is 1. The molecular weight excluding hydrogens is 250 g/mol. The van der Waals surface area contributed by atoms with E-state index in [1.54, 1.807) is 16.9 Å². The van der Waals surface area contributed by atoms with E-state index in [1.807, 2.05) is 18.2 Å². The first-order valence-corrected chi connectivity index (χ1v) is 6.61. The van der Waals surface area contributed by atoms with Crippen molar-refractivity contribution in [1.82, 2.24) is 15.0 Å². The number of benzene rings is 2. The molecule has 102 valence electrons. The van der Waals surface area contributed by atoms with Gasteiger partial charge in [0.2, 0.25) is 0 Å². The molecule has 2 aromatic carbocycles. The minimum Gasteiger partial charge on any atom is -0.506 e. The van der Waals surface area contributed by atoms with Gasteiger partial charge in [0, 0.05) is 0 Å². The summed E-state index contributed by atoms with van der Waals surface area (Å²) >= 11 is 0. The maximum Gasteiger partial charge on any atom is 0.155 e. The first kappa shape index (κ1) is 12.7. The molecule has 1 aromatic heterocycles. The Balaban J connectivity index is 2.14. The quantitative estimate of drug-likeness (QED) is 0.735. The van der Waals surface area contributed by atoms with Gasteiger partial charge in [-0.25, -0.2) is 0 Å². The van der Waals surface area contributed by atoms with E-state index in [-0.39, 0.29) is 11.2 Å². The van der Waals surface area contributed by atoms with Crippen LogP contribution in [0.1, 0.15) is 26.3 Å². The molecule has 0 spiro atoms.